The third kappa shape index (κ3) is 9.27. The molecule has 0 fully saturated rings. The number of ether oxygens (including phenoxy) is 2. The molecule has 0 spiro atoms. The second-order valence-corrected chi connectivity index (χ2v) is 13.0. The van der Waals surface area contributed by atoms with Gasteiger partial charge in [-0.3, -0.25) is 13.9 Å². The van der Waals surface area contributed by atoms with Crippen LogP contribution in [0.2, 0.25) is 5.02 Å². The van der Waals surface area contributed by atoms with E-state index in [1.54, 1.807) is 56.5 Å². The normalized spacial score (nSPS) is 11.7. The number of methoxy groups -OCH3 is 1. The zero-order valence-corrected chi connectivity index (χ0v) is 28.3. The lowest BCUT2D eigenvalue weighted by atomic mass is 10.0. The van der Waals surface area contributed by atoms with Crippen molar-refractivity contribution in [2.24, 2.45) is 0 Å². The molecule has 0 aliphatic heterocycles. The Labute approximate surface area is 282 Å². The minimum absolute atomic E-state index is 0.0228. The van der Waals surface area contributed by atoms with Crippen LogP contribution in [0.1, 0.15) is 31.4 Å². The fourth-order valence-electron chi connectivity index (χ4n) is 5.08. The Morgan fingerprint density at radius 3 is 2.23 bits per heavy atom. The molecule has 0 radical (unpaired) electrons. The highest BCUT2D eigenvalue weighted by atomic mass is 35.5. The molecule has 4 rings (SSSR count). The Balaban J connectivity index is 1.84. The summed E-state index contributed by atoms with van der Waals surface area (Å²) < 4.78 is 40.9. The van der Waals surface area contributed by atoms with Crippen molar-refractivity contribution >= 4 is 39.1 Å². The van der Waals surface area contributed by atoms with Crippen molar-refractivity contribution in [3.63, 3.8) is 0 Å². The van der Waals surface area contributed by atoms with Gasteiger partial charge in [0, 0.05) is 24.5 Å². The summed E-state index contributed by atoms with van der Waals surface area (Å²) in [6, 6.07) is 28.0. The third-order valence-electron chi connectivity index (χ3n) is 7.42. The lowest BCUT2D eigenvalue weighted by molar-refractivity contribution is -0.140. The minimum atomic E-state index is -4.32. The molecule has 1 N–H and O–H groups in total. The van der Waals surface area contributed by atoms with Gasteiger partial charge in [-0.25, -0.2) is 8.42 Å². The van der Waals surface area contributed by atoms with Crippen LogP contribution in [0.4, 0.5) is 5.69 Å². The van der Waals surface area contributed by atoms with E-state index in [-0.39, 0.29) is 36.1 Å². The number of hydrogen-bond acceptors (Lipinski definition) is 6. The molecule has 47 heavy (non-hydrogen) atoms. The summed E-state index contributed by atoms with van der Waals surface area (Å²) in [6.07, 6.45) is 0.917. The monoisotopic (exact) mass is 677 g/mol. The predicted octanol–water partition coefficient (Wildman–Crippen LogP) is 6.11. The average molecular weight is 678 g/mol. The van der Waals surface area contributed by atoms with E-state index in [9.17, 15) is 18.0 Å². The lowest BCUT2D eigenvalue weighted by Crippen LogP contribution is -2.53. The maximum Gasteiger partial charge on any atom is 0.264 e. The van der Waals surface area contributed by atoms with Crippen molar-refractivity contribution in [2.45, 2.75) is 44.2 Å². The molecule has 4 aromatic rings. The van der Waals surface area contributed by atoms with Gasteiger partial charge in [0.15, 0.2) is 0 Å². The molecule has 0 aliphatic carbocycles. The van der Waals surface area contributed by atoms with Crippen molar-refractivity contribution in [1.29, 1.82) is 0 Å². The summed E-state index contributed by atoms with van der Waals surface area (Å²) in [6.45, 7) is 3.85. The molecule has 1 unspecified atom stereocenters. The van der Waals surface area contributed by atoms with Crippen LogP contribution in [-0.4, -0.2) is 58.0 Å². The van der Waals surface area contributed by atoms with E-state index in [0.29, 0.717) is 35.1 Å². The van der Waals surface area contributed by atoms with E-state index in [1.165, 1.54) is 29.2 Å². The van der Waals surface area contributed by atoms with E-state index in [0.717, 1.165) is 9.87 Å². The molecule has 1 atom stereocenters. The fourth-order valence-corrected chi connectivity index (χ4v) is 6.63. The molecule has 0 saturated heterocycles. The number of hydrogen-bond donors (Lipinski definition) is 1. The smallest absolute Gasteiger partial charge is 0.264 e. The summed E-state index contributed by atoms with van der Waals surface area (Å²) in [4.78, 5) is 29.9. The first-order valence-corrected chi connectivity index (χ1v) is 17.2. The number of para-hydroxylation sites is 2. The zero-order valence-electron chi connectivity index (χ0n) is 26.8. The van der Waals surface area contributed by atoms with E-state index in [1.807, 2.05) is 43.3 Å². The number of halogens is 1. The summed E-state index contributed by atoms with van der Waals surface area (Å²) in [5.74, 6) is -0.0400. The van der Waals surface area contributed by atoms with Gasteiger partial charge < -0.3 is 19.7 Å². The highest BCUT2D eigenvalue weighted by molar-refractivity contribution is 7.92. The van der Waals surface area contributed by atoms with Gasteiger partial charge in [-0.2, -0.15) is 0 Å². The van der Waals surface area contributed by atoms with Crippen LogP contribution in [0.15, 0.2) is 108 Å². The van der Waals surface area contributed by atoms with Crippen LogP contribution in [0.3, 0.4) is 0 Å². The van der Waals surface area contributed by atoms with Crippen LogP contribution in [0, 0.1) is 0 Å². The number of amides is 2. The molecular formula is C36H40ClN3O6S. The Kier molecular flexibility index (Phi) is 12.7. The van der Waals surface area contributed by atoms with Gasteiger partial charge in [0.05, 0.1) is 24.3 Å². The van der Waals surface area contributed by atoms with Crippen molar-refractivity contribution in [1.82, 2.24) is 10.2 Å². The molecule has 0 aromatic heterocycles. The second-order valence-electron chi connectivity index (χ2n) is 10.7. The van der Waals surface area contributed by atoms with E-state index < -0.39 is 28.5 Å². The topological polar surface area (TPSA) is 105 Å². The van der Waals surface area contributed by atoms with Crippen LogP contribution < -0.4 is 19.1 Å². The Hall–Kier alpha value is -4.54. The van der Waals surface area contributed by atoms with Gasteiger partial charge >= 0.3 is 0 Å². The van der Waals surface area contributed by atoms with Gasteiger partial charge in [0.25, 0.3) is 10.0 Å². The highest BCUT2D eigenvalue weighted by Crippen LogP contribution is 2.33. The molecule has 0 saturated carbocycles. The average Bonchev–Trinajstić information content (AvgIpc) is 3.08. The number of anilines is 1. The lowest BCUT2D eigenvalue weighted by Gasteiger charge is -2.34. The predicted molar refractivity (Wildman–Crippen MR) is 184 cm³/mol. The summed E-state index contributed by atoms with van der Waals surface area (Å²) in [5.41, 5.74) is 1.75. The third-order valence-corrected chi connectivity index (χ3v) is 9.45. The van der Waals surface area contributed by atoms with Crippen molar-refractivity contribution in [3.05, 3.63) is 119 Å². The van der Waals surface area contributed by atoms with Gasteiger partial charge in [0.2, 0.25) is 11.8 Å². The first-order chi connectivity index (χ1) is 22.7. The number of carbonyl (C=O) groups excluding carboxylic acids is 2. The van der Waals surface area contributed by atoms with Crippen molar-refractivity contribution in [3.8, 4) is 11.5 Å². The Bertz CT molecular complexity index is 1740. The molecule has 0 bridgehead atoms. The minimum Gasteiger partial charge on any atom is -0.497 e. The molecule has 2 amide bonds. The van der Waals surface area contributed by atoms with Gasteiger partial charge in [-0.15, -0.1) is 0 Å². The summed E-state index contributed by atoms with van der Waals surface area (Å²) in [7, 11) is -2.77. The van der Waals surface area contributed by atoms with Crippen LogP contribution in [-0.2, 0) is 32.6 Å². The van der Waals surface area contributed by atoms with Gasteiger partial charge in [-0.05, 0) is 73.0 Å². The molecule has 0 aliphatic rings. The Morgan fingerprint density at radius 2 is 1.55 bits per heavy atom. The highest BCUT2D eigenvalue weighted by Gasteiger charge is 2.35. The number of rotatable bonds is 16. The maximum atomic E-state index is 14.6. The van der Waals surface area contributed by atoms with Crippen LogP contribution >= 0.6 is 11.6 Å². The quantitative estimate of drug-likeness (QED) is 0.154. The number of sulfonamides is 1. The first kappa shape index (κ1) is 35.3. The number of nitrogens with one attached hydrogen (secondary N) is 1. The fraction of sp³-hybridized carbons (Fsp3) is 0.278. The van der Waals surface area contributed by atoms with Crippen molar-refractivity contribution in [2.75, 3.05) is 31.1 Å². The van der Waals surface area contributed by atoms with Gasteiger partial charge in [0.1, 0.15) is 24.1 Å². The second kappa shape index (κ2) is 16.9. The molecule has 0 heterocycles. The number of benzene rings is 4. The summed E-state index contributed by atoms with van der Waals surface area (Å²) in [5, 5.41) is 3.31. The summed E-state index contributed by atoms with van der Waals surface area (Å²) >= 11 is 6.08. The van der Waals surface area contributed by atoms with Crippen LogP contribution in [0.5, 0.6) is 11.5 Å². The largest absolute Gasteiger partial charge is 0.497 e. The SMILES string of the molecule is CCCNC(=O)C(Cc1ccccc1)N(Cc1cccc(OC)c1)C(=O)CN(c1ccccc1OCC)S(=O)(=O)c1ccc(Cl)cc1. The van der Waals surface area contributed by atoms with Crippen LogP contribution in [0.25, 0.3) is 0 Å². The van der Waals surface area contributed by atoms with E-state index >= 15 is 0 Å². The number of carbonyl (C=O) groups is 2. The Morgan fingerprint density at radius 1 is 0.872 bits per heavy atom. The maximum absolute atomic E-state index is 14.6. The molecule has 248 valence electrons. The molecule has 4 aromatic carbocycles. The first-order valence-electron chi connectivity index (χ1n) is 15.4. The van der Waals surface area contributed by atoms with E-state index in [2.05, 4.69) is 5.32 Å². The number of nitrogens with zero attached hydrogens (tertiary/aromatic N) is 2. The molecule has 9 nitrogen and oxygen atoms in total. The van der Waals surface area contributed by atoms with Crippen molar-refractivity contribution < 1.29 is 27.5 Å². The standard InChI is InChI=1S/C36H40ClN3O6S/c1-4-22-38-36(42)33(24-27-12-7-6-8-13-27)39(25-28-14-11-15-30(23-28)45-3)35(41)26-40(32-16-9-10-17-34(32)46-5-2)47(43,44)31-20-18-29(37)19-21-31/h6-21,23,33H,4-5,22,24-26H2,1-3H3,(H,38,42). The molecule has 11 heteroatoms. The van der Waals surface area contributed by atoms with E-state index in [4.69, 9.17) is 21.1 Å². The van der Waals surface area contributed by atoms with Gasteiger partial charge in [-0.1, -0.05) is 73.1 Å². The molecular weight excluding hydrogens is 638 g/mol. The zero-order chi connectivity index (χ0) is 33.8.